The molecule has 0 bridgehead atoms. The van der Waals surface area contributed by atoms with E-state index in [2.05, 4.69) is 150 Å². The highest BCUT2D eigenvalue weighted by atomic mass is 32.1. The Morgan fingerprint density at radius 3 is 2.12 bits per heavy atom. The minimum atomic E-state index is 0.992. The molecular formula is C39H24N2S. The third-order valence-corrected chi connectivity index (χ3v) is 9.62. The molecule has 2 nitrogen and oxygen atoms in total. The molecule has 0 spiro atoms. The molecule has 0 saturated heterocycles. The van der Waals surface area contributed by atoms with Gasteiger partial charge in [-0.25, -0.2) is 4.98 Å². The molecule has 3 heteroatoms. The lowest BCUT2D eigenvalue weighted by molar-refractivity contribution is 1.18. The average Bonchev–Trinajstić information content (AvgIpc) is 3.60. The van der Waals surface area contributed by atoms with Gasteiger partial charge in [0, 0.05) is 36.8 Å². The van der Waals surface area contributed by atoms with E-state index in [-0.39, 0.29) is 0 Å². The number of rotatable bonds is 3. The molecule has 0 amide bonds. The molecule has 0 fully saturated rings. The number of aromatic nitrogens is 2. The van der Waals surface area contributed by atoms with Crippen LogP contribution >= 0.6 is 11.3 Å². The predicted octanol–water partition coefficient (Wildman–Crippen LogP) is 11.0. The molecule has 0 atom stereocenters. The lowest BCUT2D eigenvalue weighted by atomic mass is 9.98. The maximum Gasteiger partial charge on any atom is 0.0985 e. The van der Waals surface area contributed by atoms with Crippen molar-refractivity contribution in [2.45, 2.75) is 0 Å². The smallest absolute Gasteiger partial charge is 0.0985 e. The highest BCUT2D eigenvalue weighted by molar-refractivity contribution is 7.26. The van der Waals surface area contributed by atoms with E-state index in [1.165, 1.54) is 53.0 Å². The summed E-state index contributed by atoms with van der Waals surface area (Å²) in [7, 11) is 0. The van der Waals surface area contributed by atoms with Crippen molar-refractivity contribution in [3.05, 3.63) is 146 Å². The summed E-state index contributed by atoms with van der Waals surface area (Å²) in [5.74, 6) is 0. The second-order valence-corrected chi connectivity index (χ2v) is 11.8. The Balaban J connectivity index is 1.31. The molecular weight excluding hydrogens is 529 g/mol. The summed E-state index contributed by atoms with van der Waals surface area (Å²) in [6.45, 7) is 0. The Morgan fingerprint density at radius 1 is 0.500 bits per heavy atom. The Hall–Kier alpha value is -5.25. The molecule has 0 aliphatic carbocycles. The van der Waals surface area contributed by atoms with Crippen LogP contribution < -0.4 is 0 Å². The van der Waals surface area contributed by atoms with E-state index in [9.17, 15) is 0 Å². The minimum absolute atomic E-state index is 0.992. The standard InChI is InChI=1S/C39H24N2S/c1-2-10-27(11-3-1)33-22-24-35-38(40-33)37-34(23-21-32-31-14-6-7-16-36(31)42-39(32)37)41(35)28-19-17-26(18-20-28)30-15-8-12-25-9-4-5-13-29(25)30/h1-24H. The van der Waals surface area contributed by atoms with Gasteiger partial charge in [0.25, 0.3) is 0 Å². The molecule has 9 aromatic rings. The summed E-state index contributed by atoms with van der Waals surface area (Å²) in [6.07, 6.45) is 0. The SMILES string of the molecule is c1ccc(-c2ccc3c(n2)c2c4sc5ccccc5c4ccc2n3-c2ccc(-c3cccc4ccccc34)cc2)cc1. The summed E-state index contributed by atoms with van der Waals surface area (Å²) in [6, 6.07) is 52.3. The first kappa shape index (κ1) is 23.5. The van der Waals surface area contributed by atoms with Gasteiger partial charge in [-0.15, -0.1) is 11.3 Å². The van der Waals surface area contributed by atoms with Crippen LogP contribution in [0.15, 0.2) is 146 Å². The van der Waals surface area contributed by atoms with Crippen LogP contribution in [0.4, 0.5) is 0 Å². The van der Waals surface area contributed by atoms with Crippen LogP contribution in [0.2, 0.25) is 0 Å². The molecule has 0 aliphatic rings. The van der Waals surface area contributed by atoms with Crippen LogP contribution in [0, 0.1) is 0 Å². The van der Waals surface area contributed by atoms with Gasteiger partial charge in [0.05, 0.1) is 22.2 Å². The van der Waals surface area contributed by atoms with Gasteiger partial charge in [-0.2, -0.15) is 0 Å². The summed E-state index contributed by atoms with van der Waals surface area (Å²) in [5, 5.41) is 6.35. The fourth-order valence-corrected chi connectivity index (χ4v) is 7.70. The summed E-state index contributed by atoms with van der Waals surface area (Å²) in [5.41, 5.74) is 9.06. The molecule has 0 aliphatic heterocycles. The molecule has 0 N–H and O–H groups in total. The van der Waals surface area contributed by atoms with E-state index in [0.29, 0.717) is 0 Å². The number of nitrogens with zero attached hydrogens (tertiary/aromatic N) is 2. The first-order chi connectivity index (χ1) is 20.8. The van der Waals surface area contributed by atoms with Crippen molar-refractivity contribution >= 4 is 64.2 Å². The first-order valence-electron chi connectivity index (χ1n) is 14.2. The molecule has 9 rings (SSSR count). The average molecular weight is 553 g/mol. The third-order valence-electron chi connectivity index (χ3n) is 8.41. The Bertz CT molecular complexity index is 2440. The van der Waals surface area contributed by atoms with Crippen molar-refractivity contribution in [2.75, 3.05) is 0 Å². The molecule has 3 heterocycles. The fraction of sp³-hybridized carbons (Fsp3) is 0. The van der Waals surface area contributed by atoms with E-state index in [0.717, 1.165) is 28.0 Å². The molecule has 42 heavy (non-hydrogen) atoms. The van der Waals surface area contributed by atoms with Gasteiger partial charge >= 0.3 is 0 Å². The monoisotopic (exact) mass is 552 g/mol. The van der Waals surface area contributed by atoms with Crippen molar-refractivity contribution in [2.24, 2.45) is 0 Å². The quantitative estimate of drug-likeness (QED) is 0.213. The Kier molecular flexibility index (Phi) is 5.10. The van der Waals surface area contributed by atoms with Crippen molar-refractivity contribution in [3.8, 4) is 28.1 Å². The number of benzene rings is 6. The number of pyridine rings is 1. The number of thiophene rings is 1. The number of hydrogen-bond donors (Lipinski definition) is 0. The lowest BCUT2D eigenvalue weighted by Gasteiger charge is -2.11. The summed E-state index contributed by atoms with van der Waals surface area (Å²) >= 11 is 1.86. The second kappa shape index (κ2) is 9.13. The first-order valence-corrected chi connectivity index (χ1v) is 15.0. The molecule has 0 radical (unpaired) electrons. The maximum atomic E-state index is 5.33. The highest BCUT2D eigenvalue weighted by Gasteiger charge is 2.19. The van der Waals surface area contributed by atoms with E-state index >= 15 is 0 Å². The predicted molar refractivity (Wildman–Crippen MR) is 180 cm³/mol. The van der Waals surface area contributed by atoms with E-state index in [1.54, 1.807) is 0 Å². The van der Waals surface area contributed by atoms with Crippen LogP contribution in [0.3, 0.4) is 0 Å². The van der Waals surface area contributed by atoms with Crippen LogP contribution in [-0.2, 0) is 0 Å². The Labute approximate surface area is 246 Å². The minimum Gasteiger partial charge on any atom is -0.308 e. The molecule has 0 saturated carbocycles. The summed E-state index contributed by atoms with van der Waals surface area (Å²) < 4.78 is 4.98. The Morgan fingerprint density at radius 2 is 1.24 bits per heavy atom. The third kappa shape index (κ3) is 3.47. The van der Waals surface area contributed by atoms with Crippen LogP contribution in [0.25, 0.3) is 81.0 Å². The van der Waals surface area contributed by atoms with Gasteiger partial charge in [-0.05, 0) is 58.3 Å². The zero-order valence-electron chi connectivity index (χ0n) is 22.7. The zero-order valence-corrected chi connectivity index (χ0v) is 23.5. The molecule has 3 aromatic heterocycles. The number of hydrogen-bond acceptors (Lipinski definition) is 2. The molecule has 6 aromatic carbocycles. The van der Waals surface area contributed by atoms with Crippen LogP contribution in [-0.4, -0.2) is 9.55 Å². The maximum absolute atomic E-state index is 5.33. The van der Waals surface area contributed by atoms with Crippen molar-refractivity contribution in [1.29, 1.82) is 0 Å². The van der Waals surface area contributed by atoms with E-state index < -0.39 is 0 Å². The van der Waals surface area contributed by atoms with E-state index in [4.69, 9.17) is 4.98 Å². The lowest BCUT2D eigenvalue weighted by Crippen LogP contribution is -1.94. The van der Waals surface area contributed by atoms with Gasteiger partial charge in [0.1, 0.15) is 0 Å². The zero-order chi connectivity index (χ0) is 27.6. The topological polar surface area (TPSA) is 17.8 Å². The highest BCUT2D eigenvalue weighted by Crippen LogP contribution is 2.43. The largest absolute Gasteiger partial charge is 0.308 e. The van der Waals surface area contributed by atoms with Crippen molar-refractivity contribution < 1.29 is 0 Å². The van der Waals surface area contributed by atoms with Gasteiger partial charge in [-0.1, -0.05) is 109 Å². The van der Waals surface area contributed by atoms with Crippen molar-refractivity contribution in [1.82, 2.24) is 9.55 Å². The van der Waals surface area contributed by atoms with Gasteiger partial charge in [0.2, 0.25) is 0 Å². The second-order valence-electron chi connectivity index (χ2n) is 10.8. The van der Waals surface area contributed by atoms with Crippen LogP contribution in [0.5, 0.6) is 0 Å². The van der Waals surface area contributed by atoms with Crippen LogP contribution in [0.1, 0.15) is 0 Å². The molecule has 196 valence electrons. The van der Waals surface area contributed by atoms with Gasteiger partial charge < -0.3 is 4.57 Å². The van der Waals surface area contributed by atoms with E-state index in [1.807, 2.05) is 11.3 Å². The van der Waals surface area contributed by atoms with Crippen molar-refractivity contribution in [3.63, 3.8) is 0 Å². The number of fused-ring (bicyclic) bond motifs is 8. The van der Waals surface area contributed by atoms with Gasteiger partial charge in [0.15, 0.2) is 0 Å². The van der Waals surface area contributed by atoms with Gasteiger partial charge in [-0.3, -0.25) is 0 Å². The molecule has 0 unspecified atom stereocenters. The fourth-order valence-electron chi connectivity index (χ4n) is 6.45. The summed E-state index contributed by atoms with van der Waals surface area (Å²) in [4.78, 5) is 5.33. The normalized spacial score (nSPS) is 11.8.